The maximum absolute atomic E-state index is 6.56. The van der Waals surface area contributed by atoms with Crippen LogP contribution in [0.2, 0.25) is 15.1 Å². The number of morpholine rings is 1. The molecule has 0 amide bonds. The van der Waals surface area contributed by atoms with Crippen LogP contribution in [0.15, 0.2) is 53.0 Å². The summed E-state index contributed by atoms with van der Waals surface area (Å²) in [5, 5.41) is 5.25. The number of benzene rings is 3. The van der Waals surface area contributed by atoms with Crippen LogP contribution in [0.25, 0.3) is 0 Å². The molecule has 34 heavy (non-hydrogen) atoms. The van der Waals surface area contributed by atoms with E-state index in [2.05, 4.69) is 26.1 Å². The van der Waals surface area contributed by atoms with Gasteiger partial charge in [0.2, 0.25) is 0 Å². The zero-order valence-electron chi connectivity index (χ0n) is 18.5. The van der Waals surface area contributed by atoms with Gasteiger partial charge in [0, 0.05) is 40.9 Å². The third kappa shape index (κ3) is 6.04. The molecule has 9 heteroatoms. The number of methoxy groups -OCH3 is 1. The maximum atomic E-state index is 6.56. The zero-order chi connectivity index (χ0) is 24.1. The number of rotatable bonds is 8. The van der Waals surface area contributed by atoms with Crippen molar-refractivity contribution in [3.63, 3.8) is 0 Å². The van der Waals surface area contributed by atoms with E-state index in [0.29, 0.717) is 33.1 Å². The first-order valence-electron chi connectivity index (χ1n) is 10.7. The quantitative estimate of drug-likeness (QED) is 0.297. The lowest BCUT2D eigenvalue weighted by atomic mass is 10.2. The second kappa shape index (κ2) is 11.7. The van der Waals surface area contributed by atoms with Crippen molar-refractivity contribution in [2.75, 3.05) is 43.6 Å². The van der Waals surface area contributed by atoms with Gasteiger partial charge in [0.05, 0.1) is 35.5 Å². The van der Waals surface area contributed by atoms with Crippen molar-refractivity contribution in [2.45, 2.75) is 13.2 Å². The Morgan fingerprint density at radius 3 is 2.41 bits per heavy atom. The van der Waals surface area contributed by atoms with Crippen LogP contribution in [0.4, 0.5) is 11.4 Å². The molecule has 0 aromatic heterocycles. The van der Waals surface area contributed by atoms with Gasteiger partial charge in [-0.05, 0) is 64.0 Å². The smallest absolute Gasteiger partial charge is 0.175 e. The number of hydrogen-bond acceptors (Lipinski definition) is 5. The average Bonchev–Trinajstić information content (AvgIpc) is 2.83. The topological polar surface area (TPSA) is 43.0 Å². The van der Waals surface area contributed by atoms with Crippen LogP contribution >= 0.6 is 50.7 Å². The van der Waals surface area contributed by atoms with E-state index < -0.39 is 0 Å². The summed E-state index contributed by atoms with van der Waals surface area (Å²) in [6.07, 6.45) is 0. The summed E-state index contributed by atoms with van der Waals surface area (Å²) in [5.74, 6) is 1.19. The van der Waals surface area contributed by atoms with E-state index in [1.165, 1.54) is 0 Å². The number of ether oxygens (including phenoxy) is 3. The summed E-state index contributed by atoms with van der Waals surface area (Å²) < 4.78 is 17.8. The van der Waals surface area contributed by atoms with E-state index in [1.54, 1.807) is 25.3 Å². The number of nitrogens with zero attached hydrogens (tertiary/aromatic N) is 1. The standard InChI is InChI=1S/C25H24BrCl3N2O3/c1-32-24-12-16(11-19(26)25(24)34-15-18-20(27)3-2-4-21(18)28)14-30-17-5-6-23(22(29)13-17)31-7-9-33-10-8-31/h2-6,11-13,30H,7-10,14-15H2,1H3. The minimum Gasteiger partial charge on any atom is -0.493 e. The highest BCUT2D eigenvalue weighted by molar-refractivity contribution is 9.10. The zero-order valence-corrected chi connectivity index (χ0v) is 22.4. The van der Waals surface area contributed by atoms with Gasteiger partial charge in [-0.2, -0.15) is 0 Å². The Morgan fingerprint density at radius 1 is 1.00 bits per heavy atom. The van der Waals surface area contributed by atoms with Crippen molar-refractivity contribution in [2.24, 2.45) is 0 Å². The fourth-order valence-electron chi connectivity index (χ4n) is 3.71. The molecule has 180 valence electrons. The molecule has 0 bridgehead atoms. The van der Waals surface area contributed by atoms with Gasteiger partial charge in [0.1, 0.15) is 6.61 Å². The fourth-order valence-corrected chi connectivity index (χ4v) is 5.12. The van der Waals surface area contributed by atoms with Crippen molar-refractivity contribution in [1.29, 1.82) is 0 Å². The summed E-state index contributed by atoms with van der Waals surface area (Å²) in [6, 6.07) is 15.3. The first-order valence-corrected chi connectivity index (χ1v) is 12.7. The Labute approximate surface area is 223 Å². The molecule has 3 aromatic carbocycles. The van der Waals surface area contributed by atoms with Gasteiger partial charge in [-0.3, -0.25) is 0 Å². The van der Waals surface area contributed by atoms with Crippen molar-refractivity contribution in [1.82, 2.24) is 0 Å². The number of hydrogen-bond donors (Lipinski definition) is 1. The Bertz CT molecular complexity index is 1140. The molecule has 0 unspecified atom stereocenters. The van der Waals surface area contributed by atoms with Crippen LogP contribution in [-0.2, 0) is 17.9 Å². The van der Waals surface area contributed by atoms with Crippen molar-refractivity contribution in [3.8, 4) is 11.5 Å². The number of nitrogens with one attached hydrogen (secondary N) is 1. The molecule has 4 rings (SSSR count). The first kappa shape index (κ1) is 25.3. The molecule has 0 spiro atoms. The molecule has 1 aliphatic heterocycles. The third-order valence-electron chi connectivity index (χ3n) is 5.51. The number of halogens is 4. The molecular formula is C25H24BrCl3N2O3. The molecule has 1 fully saturated rings. The van der Waals surface area contributed by atoms with Gasteiger partial charge in [0.25, 0.3) is 0 Å². The molecular weight excluding hydrogens is 563 g/mol. The second-order valence-corrected chi connectivity index (χ2v) is 9.79. The molecule has 1 heterocycles. The SMILES string of the molecule is COc1cc(CNc2ccc(N3CCOCC3)c(Cl)c2)cc(Br)c1OCc1c(Cl)cccc1Cl. The molecule has 0 atom stereocenters. The molecule has 0 radical (unpaired) electrons. The van der Waals surface area contributed by atoms with Gasteiger partial charge >= 0.3 is 0 Å². The van der Waals surface area contributed by atoms with Crippen molar-refractivity contribution in [3.05, 3.63) is 79.2 Å². The first-order chi connectivity index (χ1) is 16.5. The molecule has 1 aliphatic rings. The number of anilines is 2. The lowest BCUT2D eigenvalue weighted by Gasteiger charge is -2.29. The van der Waals surface area contributed by atoms with Gasteiger partial charge in [-0.15, -0.1) is 0 Å². The van der Waals surface area contributed by atoms with Crippen molar-refractivity contribution >= 4 is 62.1 Å². The van der Waals surface area contributed by atoms with E-state index in [1.807, 2.05) is 30.3 Å². The van der Waals surface area contributed by atoms with Crippen LogP contribution < -0.4 is 19.7 Å². The summed E-state index contributed by atoms with van der Waals surface area (Å²) in [5.41, 5.74) is 3.70. The normalized spacial score (nSPS) is 13.6. The highest BCUT2D eigenvalue weighted by atomic mass is 79.9. The minimum absolute atomic E-state index is 0.221. The van der Waals surface area contributed by atoms with Crippen LogP contribution in [0.5, 0.6) is 11.5 Å². The van der Waals surface area contributed by atoms with E-state index in [4.69, 9.17) is 49.0 Å². The van der Waals surface area contributed by atoms with Gasteiger partial charge in [-0.1, -0.05) is 40.9 Å². The predicted molar refractivity (Wildman–Crippen MR) is 143 cm³/mol. The Morgan fingerprint density at radius 2 is 1.74 bits per heavy atom. The van der Waals surface area contributed by atoms with E-state index >= 15 is 0 Å². The molecule has 0 aliphatic carbocycles. The third-order valence-corrected chi connectivity index (χ3v) is 7.11. The van der Waals surface area contributed by atoms with E-state index in [9.17, 15) is 0 Å². The molecule has 1 N–H and O–H groups in total. The second-order valence-electron chi connectivity index (χ2n) is 7.72. The largest absolute Gasteiger partial charge is 0.493 e. The molecule has 0 saturated carbocycles. The molecule has 3 aromatic rings. The van der Waals surface area contributed by atoms with E-state index in [-0.39, 0.29) is 6.61 Å². The molecule has 1 saturated heterocycles. The average molecular weight is 587 g/mol. The van der Waals surface area contributed by atoms with Crippen LogP contribution in [0.3, 0.4) is 0 Å². The van der Waals surface area contributed by atoms with Crippen LogP contribution in [0, 0.1) is 0 Å². The predicted octanol–water partition coefficient (Wildman–Crippen LogP) is 7.45. The highest BCUT2D eigenvalue weighted by Gasteiger charge is 2.16. The molecule has 5 nitrogen and oxygen atoms in total. The van der Waals surface area contributed by atoms with Crippen LogP contribution in [0.1, 0.15) is 11.1 Å². The van der Waals surface area contributed by atoms with Crippen LogP contribution in [-0.4, -0.2) is 33.4 Å². The summed E-state index contributed by atoms with van der Waals surface area (Å²) in [6.45, 7) is 3.93. The summed E-state index contributed by atoms with van der Waals surface area (Å²) >= 11 is 22.7. The summed E-state index contributed by atoms with van der Waals surface area (Å²) in [7, 11) is 1.61. The Hall–Kier alpha value is -1.83. The minimum atomic E-state index is 0.221. The monoisotopic (exact) mass is 584 g/mol. The van der Waals surface area contributed by atoms with Crippen molar-refractivity contribution < 1.29 is 14.2 Å². The Kier molecular flexibility index (Phi) is 8.72. The van der Waals surface area contributed by atoms with Gasteiger partial charge < -0.3 is 24.4 Å². The van der Waals surface area contributed by atoms with E-state index in [0.717, 1.165) is 53.3 Å². The lowest BCUT2D eigenvalue weighted by Crippen LogP contribution is -2.36. The maximum Gasteiger partial charge on any atom is 0.175 e. The van der Waals surface area contributed by atoms with Gasteiger partial charge in [-0.25, -0.2) is 0 Å². The van der Waals surface area contributed by atoms with Gasteiger partial charge in [0.15, 0.2) is 11.5 Å². The summed E-state index contributed by atoms with van der Waals surface area (Å²) in [4.78, 5) is 2.24. The highest BCUT2D eigenvalue weighted by Crippen LogP contribution is 2.38. The Balaban J connectivity index is 1.44. The lowest BCUT2D eigenvalue weighted by molar-refractivity contribution is 0.122. The fraction of sp³-hybridized carbons (Fsp3) is 0.280.